The van der Waals surface area contributed by atoms with Gasteiger partial charge in [-0.25, -0.2) is 0 Å². The standard InChI is InChI=1S/C34H42Br2N6O2/c1-3-4-10-37-11-5-12-39-34(44)29-22-41(15-16-42(29)30(43)19-24-8-13-38-14-9-24)33-31-25(17-23(2)18-28(31)36)6-7-26-20-27(35)21-40-32(26)33/h8-9,13-14,17-18,20-21,29,33,37H,3-7,10-12,15-16,19,22H2,1-2H3,(H,39,44). The molecule has 2 unspecified atom stereocenters. The average molecular weight is 727 g/mol. The summed E-state index contributed by atoms with van der Waals surface area (Å²) in [6, 6.07) is 9.59. The number of aryl methyl sites for hydroxylation is 3. The minimum absolute atomic E-state index is 0.0437. The minimum atomic E-state index is -0.610. The monoisotopic (exact) mass is 724 g/mol. The van der Waals surface area contributed by atoms with Gasteiger partial charge in [0.05, 0.1) is 18.2 Å². The number of hydrogen-bond donors (Lipinski definition) is 2. The number of fused-ring (bicyclic) bond motifs is 2. The lowest BCUT2D eigenvalue weighted by atomic mass is 9.93. The van der Waals surface area contributed by atoms with Gasteiger partial charge < -0.3 is 15.5 Å². The predicted octanol–water partition coefficient (Wildman–Crippen LogP) is 5.15. The van der Waals surface area contributed by atoms with E-state index < -0.39 is 6.04 Å². The number of pyridine rings is 2. The molecule has 44 heavy (non-hydrogen) atoms. The van der Waals surface area contributed by atoms with Crippen molar-refractivity contribution in [1.29, 1.82) is 0 Å². The zero-order valence-corrected chi connectivity index (χ0v) is 28.8. The number of nitrogens with one attached hydrogen (secondary N) is 2. The molecule has 1 aliphatic heterocycles. The van der Waals surface area contributed by atoms with E-state index >= 15 is 0 Å². The molecule has 234 valence electrons. The van der Waals surface area contributed by atoms with Gasteiger partial charge in [-0.2, -0.15) is 0 Å². The predicted molar refractivity (Wildman–Crippen MR) is 180 cm³/mol. The molecule has 2 atom stereocenters. The zero-order valence-electron chi connectivity index (χ0n) is 25.6. The van der Waals surface area contributed by atoms with E-state index in [1.165, 1.54) is 22.3 Å². The third-order valence-electron chi connectivity index (χ3n) is 8.57. The normalized spacial score (nSPS) is 18.3. The largest absolute Gasteiger partial charge is 0.354 e. The summed E-state index contributed by atoms with van der Waals surface area (Å²) in [6.07, 6.45) is 10.5. The number of hydrogen-bond acceptors (Lipinski definition) is 6. The van der Waals surface area contributed by atoms with Crippen LogP contribution >= 0.6 is 31.9 Å². The summed E-state index contributed by atoms with van der Waals surface area (Å²) in [5, 5.41) is 6.59. The van der Waals surface area contributed by atoms with Crippen LogP contribution in [0.3, 0.4) is 0 Å². The van der Waals surface area contributed by atoms with Crippen molar-refractivity contribution in [2.75, 3.05) is 39.3 Å². The summed E-state index contributed by atoms with van der Waals surface area (Å²) in [5.41, 5.74) is 6.83. The van der Waals surface area contributed by atoms with Crippen LogP contribution in [0.2, 0.25) is 0 Å². The Hall–Kier alpha value is -2.66. The Morgan fingerprint density at radius 3 is 2.57 bits per heavy atom. The van der Waals surface area contributed by atoms with Gasteiger partial charge in [0.25, 0.3) is 0 Å². The van der Waals surface area contributed by atoms with Crippen LogP contribution in [0.5, 0.6) is 0 Å². The number of amides is 2. The van der Waals surface area contributed by atoms with E-state index in [-0.39, 0.29) is 24.3 Å². The van der Waals surface area contributed by atoms with Crippen LogP contribution < -0.4 is 10.6 Å². The van der Waals surface area contributed by atoms with Crippen LogP contribution in [-0.2, 0) is 28.9 Å². The molecule has 1 saturated heterocycles. The second-order valence-corrected chi connectivity index (χ2v) is 13.6. The number of halogens is 2. The number of piperazine rings is 1. The van der Waals surface area contributed by atoms with E-state index in [0.717, 1.165) is 65.4 Å². The molecule has 2 amide bonds. The first-order valence-electron chi connectivity index (χ1n) is 15.7. The number of unbranched alkanes of at least 4 members (excludes halogenated alkanes) is 1. The highest BCUT2D eigenvalue weighted by Gasteiger charge is 2.40. The summed E-state index contributed by atoms with van der Waals surface area (Å²) in [5.74, 6) is -0.148. The molecule has 0 bridgehead atoms. The topological polar surface area (TPSA) is 90.5 Å². The number of aromatic nitrogens is 2. The molecule has 3 heterocycles. The average Bonchev–Trinajstić information content (AvgIpc) is 3.17. The molecule has 5 rings (SSSR count). The first-order valence-corrected chi connectivity index (χ1v) is 17.3. The fraction of sp³-hybridized carbons (Fsp3) is 0.471. The van der Waals surface area contributed by atoms with Gasteiger partial charge in [-0.05, 0) is 114 Å². The van der Waals surface area contributed by atoms with Crippen molar-refractivity contribution in [1.82, 2.24) is 30.4 Å². The number of rotatable bonds is 11. The van der Waals surface area contributed by atoms with E-state index in [1.807, 2.05) is 18.3 Å². The molecule has 0 radical (unpaired) electrons. The second kappa shape index (κ2) is 15.6. The number of carbonyl (C=O) groups is 2. The van der Waals surface area contributed by atoms with Gasteiger partial charge in [-0.1, -0.05) is 35.3 Å². The van der Waals surface area contributed by atoms with Crippen LogP contribution in [0, 0.1) is 6.92 Å². The van der Waals surface area contributed by atoms with Crippen LogP contribution in [-0.4, -0.2) is 76.9 Å². The van der Waals surface area contributed by atoms with Crippen molar-refractivity contribution >= 4 is 43.7 Å². The number of carbonyl (C=O) groups excluding carboxylic acids is 2. The van der Waals surface area contributed by atoms with Crippen LogP contribution in [0.4, 0.5) is 0 Å². The maximum absolute atomic E-state index is 13.9. The summed E-state index contributed by atoms with van der Waals surface area (Å²) in [6.45, 7) is 8.23. The third-order valence-corrected chi connectivity index (χ3v) is 9.65. The molecule has 0 spiro atoms. The van der Waals surface area contributed by atoms with Gasteiger partial charge in [0.1, 0.15) is 6.04 Å². The fourth-order valence-electron chi connectivity index (χ4n) is 6.35. The van der Waals surface area contributed by atoms with Crippen LogP contribution in [0.15, 0.2) is 57.9 Å². The molecule has 2 aliphatic rings. The molecule has 1 aromatic carbocycles. The lowest BCUT2D eigenvalue weighted by Crippen LogP contribution is -2.61. The third kappa shape index (κ3) is 7.94. The highest BCUT2D eigenvalue weighted by Crippen LogP contribution is 2.41. The Morgan fingerprint density at radius 2 is 1.77 bits per heavy atom. The van der Waals surface area contributed by atoms with Crippen molar-refractivity contribution in [2.24, 2.45) is 0 Å². The van der Waals surface area contributed by atoms with E-state index in [4.69, 9.17) is 4.98 Å². The smallest absolute Gasteiger partial charge is 0.244 e. The van der Waals surface area contributed by atoms with Gasteiger partial charge in [0.2, 0.25) is 11.8 Å². The maximum Gasteiger partial charge on any atom is 0.244 e. The lowest BCUT2D eigenvalue weighted by Gasteiger charge is -2.44. The fourth-order valence-corrected chi connectivity index (χ4v) is 7.56. The molecule has 10 heteroatoms. The van der Waals surface area contributed by atoms with Gasteiger partial charge >= 0.3 is 0 Å². The summed E-state index contributed by atoms with van der Waals surface area (Å²) >= 11 is 7.53. The maximum atomic E-state index is 13.9. The molecule has 1 fully saturated rings. The molecule has 0 saturated carbocycles. The highest BCUT2D eigenvalue weighted by atomic mass is 79.9. The Kier molecular flexibility index (Phi) is 11.6. The molecular weight excluding hydrogens is 684 g/mol. The van der Waals surface area contributed by atoms with Gasteiger partial charge in [-0.3, -0.25) is 24.5 Å². The summed E-state index contributed by atoms with van der Waals surface area (Å²) < 4.78 is 2.02. The van der Waals surface area contributed by atoms with Gasteiger partial charge in [0, 0.05) is 53.7 Å². The van der Waals surface area contributed by atoms with E-state index in [0.29, 0.717) is 26.2 Å². The molecule has 3 aromatic rings. The van der Waals surface area contributed by atoms with Gasteiger partial charge in [0.15, 0.2) is 0 Å². The lowest BCUT2D eigenvalue weighted by molar-refractivity contribution is -0.144. The Bertz CT molecular complexity index is 1450. The summed E-state index contributed by atoms with van der Waals surface area (Å²) in [4.78, 5) is 40.7. The SMILES string of the molecule is CCCCNCCCNC(=O)C1CN(C2c3ncc(Br)cc3CCc3cc(C)cc(Br)c32)CCN1C(=O)Cc1ccncc1. The first-order chi connectivity index (χ1) is 21.4. The van der Waals surface area contributed by atoms with E-state index in [9.17, 15) is 9.59 Å². The number of nitrogens with zero attached hydrogens (tertiary/aromatic N) is 4. The minimum Gasteiger partial charge on any atom is -0.354 e. The molecule has 2 aromatic heterocycles. The van der Waals surface area contributed by atoms with Crippen molar-refractivity contribution in [3.63, 3.8) is 0 Å². The Morgan fingerprint density at radius 1 is 1.00 bits per heavy atom. The highest BCUT2D eigenvalue weighted by molar-refractivity contribution is 9.10. The zero-order chi connectivity index (χ0) is 31.1. The molecule has 8 nitrogen and oxygen atoms in total. The quantitative estimate of drug-likeness (QED) is 0.266. The second-order valence-electron chi connectivity index (χ2n) is 11.8. The molecule has 2 N–H and O–H groups in total. The Labute approximate surface area is 277 Å². The van der Waals surface area contributed by atoms with Crippen LogP contribution in [0.1, 0.15) is 65.7 Å². The molecular formula is C34H42Br2N6O2. The van der Waals surface area contributed by atoms with Crippen molar-refractivity contribution in [3.8, 4) is 0 Å². The van der Waals surface area contributed by atoms with E-state index in [2.05, 4.69) is 84.4 Å². The number of benzene rings is 1. The van der Waals surface area contributed by atoms with Crippen LogP contribution in [0.25, 0.3) is 0 Å². The van der Waals surface area contributed by atoms with Crippen molar-refractivity contribution in [3.05, 3.63) is 91.4 Å². The summed E-state index contributed by atoms with van der Waals surface area (Å²) in [7, 11) is 0. The molecule has 1 aliphatic carbocycles. The van der Waals surface area contributed by atoms with Crippen molar-refractivity contribution in [2.45, 2.75) is 64.5 Å². The van der Waals surface area contributed by atoms with Gasteiger partial charge in [-0.15, -0.1) is 0 Å². The first kappa shape index (κ1) is 32.7. The van der Waals surface area contributed by atoms with Crippen molar-refractivity contribution < 1.29 is 9.59 Å². The Balaban J connectivity index is 1.42. The van der Waals surface area contributed by atoms with E-state index in [1.54, 1.807) is 17.3 Å².